The highest BCUT2D eigenvalue weighted by Gasteiger charge is 2.16. The number of ether oxygens (including phenoxy) is 2. The first-order valence-electron chi connectivity index (χ1n) is 6.67. The van der Waals surface area contributed by atoms with Crippen molar-refractivity contribution in [3.63, 3.8) is 0 Å². The van der Waals surface area contributed by atoms with E-state index in [9.17, 15) is 0 Å². The van der Waals surface area contributed by atoms with Crippen LogP contribution in [-0.4, -0.2) is 19.3 Å². The summed E-state index contributed by atoms with van der Waals surface area (Å²) in [6, 6.07) is 3.90. The molecule has 108 valence electrons. The molecule has 0 aliphatic carbocycles. The molecule has 0 aliphatic rings. The Morgan fingerprint density at radius 2 is 1.95 bits per heavy atom. The van der Waals surface area contributed by atoms with Crippen LogP contribution in [0, 0.1) is 0 Å². The van der Waals surface area contributed by atoms with Crippen molar-refractivity contribution in [2.24, 2.45) is 0 Å². The highest BCUT2D eigenvalue weighted by atomic mass is 35.5. The van der Waals surface area contributed by atoms with Crippen LogP contribution in [0.2, 0.25) is 5.02 Å². The van der Waals surface area contributed by atoms with Crippen molar-refractivity contribution in [2.45, 2.75) is 46.2 Å². The van der Waals surface area contributed by atoms with E-state index in [1.165, 1.54) is 0 Å². The molecule has 0 aromatic heterocycles. The first-order valence-corrected chi connectivity index (χ1v) is 7.05. The lowest BCUT2D eigenvalue weighted by molar-refractivity contribution is 0.310. The van der Waals surface area contributed by atoms with Crippen molar-refractivity contribution in [2.75, 3.05) is 13.7 Å². The van der Waals surface area contributed by atoms with E-state index < -0.39 is 0 Å². The molecule has 1 rings (SSSR count). The molecule has 19 heavy (non-hydrogen) atoms. The van der Waals surface area contributed by atoms with Gasteiger partial charge in [0.2, 0.25) is 0 Å². The third-order valence-corrected chi connectivity index (χ3v) is 3.51. The van der Waals surface area contributed by atoms with Gasteiger partial charge in [0.25, 0.3) is 0 Å². The zero-order valence-electron chi connectivity index (χ0n) is 12.5. The minimum absolute atomic E-state index is 0.109. The third kappa shape index (κ3) is 4.59. The van der Waals surface area contributed by atoms with Crippen molar-refractivity contribution >= 4 is 11.6 Å². The maximum absolute atomic E-state index is 6.22. The van der Waals surface area contributed by atoms with Gasteiger partial charge in [0.05, 0.1) is 18.7 Å². The van der Waals surface area contributed by atoms with E-state index in [-0.39, 0.29) is 5.54 Å². The maximum Gasteiger partial charge on any atom is 0.179 e. The average molecular weight is 286 g/mol. The summed E-state index contributed by atoms with van der Waals surface area (Å²) in [4.78, 5) is 0. The summed E-state index contributed by atoms with van der Waals surface area (Å²) in [5, 5.41) is 4.09. The molecule has 1 aromatic rings. The molecule has 0 aliphatic heterocycles. The predicted octanol–water partition coefficient (Wildman–Crippen LogP) is 4.03. The van der Waals surface area contributed by atoms with E-state index >= 15 is 0 Å². The normalized spacial score (nSPS) is 11.5. The molecule has 0 amide bonds. The molecule has 0 unspecified atom stereocenters. The van der Waals surface area contributed by atoms with Gasteiger partial charge in [-0.1, -0.05) is 18.5 Å². The molecule has 0 fully saturated rings. The molecule has 1 N–H and O–H groups in total. The van der Waals surface area contributed by atoms with E-state index in [4.69, 9.17) is 21.1 Å². The molecule has 0 heterocycles. The van der Waals surface area contributed by atoms with E-state index in [2.05, 4.69) is 26.1 Å². The first-order chi connectivity index (χ1) is 8.93. The molecule has 1 aromatic carbocycles. The number of methoxy groups -OCH3 is 1. The zero-order valence-corrected chi connectivity index (χ0v) is 13.2. The molecule has 0 radical (unpaired) electrons. The fourth-order valence-electron chi connectivity index (χ4n) is 1.65. The minimum atomic E-state index is 0.109. The molecule has 3 nitrogen and oxygen atoms in total. The maximum atomic E-state index is 6.22. The topological polar surface area (TPSA) is 30.5 Å². The van der Waals surface area contributed by atoms with Crippen LogP contribution in [0.5, 0.6) is 11.5 Å². The number of nitrogens with one attached hydrogen (secondary N) is 1. The van der Waals surface area contributed by atoms with Crippen molar-refractivity contribution in [3.8, 4) is 11.5 Å². The van der Waals surface area contributed by atoms with Gasteiger partial charge in [0, 0.05) is 12.1 Å². The Morgan fingerprint density at radius 1 is 1.26 bits per heavy atom. The molecule has 4 heteroatoms. The van der Waals surface area contributed by atoms with E-state index in [1.54, 1.807) is 7.11 Å². The van der Waals surface area contributed by atoms with Crippen LogP contribution in [-0.2, 0) is 6.54 Å². The van der Waals surface area contributed by atoms with Crippen LogP contribution in [0.1, 0.15) is 39.7 Å². The van der Waals surface area contributed by atoms with Gasteiger partial charge in [-0.25, -0.2) is 0 Å². The molecule has 0 saturated heterocycles. The number of rotatable bonds is 7. The molecular weight excluding hydrogens is 262 g/mol. The number of hydrogen-bond donors (Lipinski definition) is 1. The predicted molar refractivity (Wildman–Crippen MR) is 80.4 cm³/mol. The Hall–Kier alpha value is -0.930. The Bertz CT molecular complexity index is 419. The Kier molecular flexibility index (Phi) is 5.95. The highest BCUT2D eigenvalue weighted by molar-refractivity contribution is 6.32. The van der Waals surface area contributed by atoms with E-state index in [0.717, 1.165) is 18.5 Å². The van der Waals surface area contributed by atoms with Gasteiger partial charge in [0.15, 0.2) is 11.5 Å². The lowest BCUT2D eigenvalue weighted by Crippen LogP contribution is -2.37. The number of benzene rings is 1. The second-order valence-electron chi connectivity index (χ2n) is 5.13. The molecule has 0 bridgehead atoms. The second-order valence-corrected chi connectivity index (χ2v) is 5.54. The summed E-state index contributed by atoms with van der Waals surface area (Å²) in [6.45, 7) is 9.82. The van der Waals surface area contributed by atoms with Gasteiger partial charge in [-0.05, 0) is 44.9 Å². The van der Waals surface area contributed by atoms with Gasteiger partial charge >= 0.3 is 0 Å². The van der Waals surface area contributed by atoms with E-state index in [1.807, 2.05) is 19.1 Å². The van der Waals surface area contributed by atoms with E-state index in [0.29, 0.717) is 23.1 Å². The van der Waals surface area contributed by atoms with Crippen LogP contribution in [0.15, 0.2) is 12.1 Å². The lowest BCUT2D eigenvalue weighted by atomic mass is 10.0. The van der Waals surface area contributed by atoms with Gasteiger partial charge in [-0.15, -0.1) is 0 Å². The van der Waals surface area contributed by atoms with Crippen LogP contribution >= 0.6 is 11.6 Å². The molecule has 0 atom stereocenters. The molecule has 0 spiro atoms. The smallest absolute Gasteiger partial charge is 0.179 e. The molecule has 0 saturated carbocycles. The third-order valence-electron chi connectivity index (χ3n) is 3.23. The second kappa shape index (κ2) is 7.01. The lowest BCUT2D eigenvalue weighted by Gasteiger charge is -2.25. The summed E-state index contributed by atoms with van der Waals surface area (Å²) in [6.07, 6.45) is 1.06. The summed E-state index contributed by atoms with van der Waals surface area (Å²) in [7, 11) is 1.60. The van der Waals surface area contributed by atoms with Crippen LogP contribution in [0.3, 0.4) is 0 Å². The summed E-state index contributed by atoms with van der Waals surface area (Å²) < 4.78 is 10.8. The van der Waals surface area contributed by atoms with Crippen LogP contribution < -0.4 is 14.8 Å². The summed E-state index contributed by atoms with van der Waals surface area (Å²) in [5.74, 6) is 1.30. The van der Waals surface area contributed by atoms with Crippen molar-refractivity contribution < 1.29 is 9.47 Å². The Morgan fingerprint density at radius 3 is 2.47 bits per heavy atom. The monoisotopic (exact) mass is 285 g/mol. The quantitative estimate of drug-likeness (QED) is 0.820. The van der Waals surface area contributed by atoms with Crippen LogP contribution in [0.25, 0.3) is 0 Å². The SMILES string of the molecule is CCOc1cc(CNC(C)(C)CC)cc(Cl)c1OC. The Balaban J connectivity index is 2.91. The standard InChI is InChI=1S/C15H24ClNO2/c1-6-15(3,4)17-10-11-8-12(16)14(18-5)13(9-11)19-7-2/h8-9,17H,6-7,10H2,1-5H3. The zero-order chi connectivity index (χ0) is 14.5. The fourth-order valence-corrected chi connectivity index (χ4v) is 1.96. The minimum Gasteiger partial charge on any atom is -0.491 e. The first kappa shape index (κ1) is 16.1. The molecular formula is C15H24ClNO2. The highest BCUT2D eigenvalue weighted by Crippen LogP contribution is 2.36. The summed E-state index contributed by atoms with van der Waals surface area (Å²) >= 11 is 6.22. The van der Waals surface area contributed by atoms with Crippen molar-refractivity contribution in [3.05, 3.63) is 22.7 Å². The van der Waals surface area contributed by atoms with Gasteiger partial charge in [-0.2, -0.15) is 0 Å². The average Bonchev–Trinajstić information content (AvgIpc) is 2.37. The number of halogens is 1. The van der Waals surface area contributed by atoms with Gasteiger partial charge in [0.1, 0.15) is 0 Å². The van der Waals surface area contributed by atoms with Crippen molar-refractivity contribution in [1.29, 1.82) is 0 Å². The van der Waals surface area contributed by atoms with Gasteiger partial charge in [-0.3, -0.25) is 0 Å². The van der Waals surface area contributed by atoms with Crippen molar-refractivity contribution in [1.82, 2.24) is 5.32 Å². The largest absolute Gasteiger partial charge is 0.491 e. The summed E-state index contributed by atoms with van der Waals surface area (Å²) in [5.41, 5.74) is 1.20. The fraction of sp³-hybridized carbons (Fsp3) is 0.600. The number of hydrogen-bond acceptors (Lipinski definition) is 3. The Labute approximate surface area is 121 Å². The van der Waals surface area contributed by atoms with Gasteiger partial charge < -0.3 is 14.8 Å². The van der Waals surface area contributed by atoms with Crippen LogP contribution in [0.4, 0.5) is 0 Å².